The maximum atomic E-state index is 12.6. The number of aryl methyl sites for hydroxylation is 2. The molecule has 1 aliphatic rings. The quantitative estimate of drug-likeness (QED) is 0.629. The number of amides is 1. The minimum Gasteiger partial charge on any atom is -0.481 e. The highest BCUT2D eigenvalue weighted by Gasteiger charge is 2.43. The summed E-state index contributed by atoms with van der Waals surface area (Å²) in [7, 11) is 0. The van der Waals surface area contributed by atoms with Crippen LogP contribution in [-0.4, -0.2) is 50.7 Å². The average Bonchev–Trinajstić information content (AvgIpc) is 2.66. The smallest absolute Gasteiger partial charge is 0.314 e. The largest absolute Gasteiger partial charge is 0.481 e. The van der Waals surface area contributed by atoms with Crippen molar-refractivity contribution in [2.24, 2.45) is 0 Å². The molecule has 6 nitrogen and oxygen atoms in total. The first-order valence-corrected chi connectivity index (χ1v) is 9.91. The predicted octanol–water partition coefficient (Wildman–Crippen LogP) is 2.83. The Morgan fingerprint density at radius 3 is 2.26 bits per heavy atom. The van der Waals surface area contributed by atoms with Crippen LogP contribution < -0.4 is 0 Å². The SMILES string of the molecule is Cc1cc(C)nc(SCC(=O)N2CCC(C(=O)O)(c3ccccc3)CC2)n1. The number of aliphatic carboxylic acids is 1. The Balaban J connectivity index is 1.62. The molecule has 0 saturated carbocycles. The van der Waals surface area contributed by atoms with E-state index in [0.717, 1.165) is 17.0 Å². The third-order valence-electron chi connectivity index (χ3n) is 4.99. The Kier molecular flexibility index (Phi) is 5.79. The van der Waals surface area contributed by atoms with E-state index in [1.54, 1.807) is 4.90 Å². The first-order valence-electron chi connectivity index (χ1n) is 8.92. The number of carboxylic acid groups (broad SMARTS) is 1. The highest BCUT2D eigenvalue weighted by molar-refractivity contribution is 7.99. The Morgan fingerprint density at radius 1 is 1.11 bits per heavy atom. The maximum absolute atomic E-state index is 12.6. The number of hydrogen-bond acceptors (Lipinski definition) is 5. The predicted molar refractivity (Wildman–Crippen MR) is 104 cm³/mol. The van der Waals surface area contributed by atoms with Crippen LogP contribution in [0.5, 0.6) is 0 Å². The van der Waals surface area contributed by atoms with Gasteiger partial charge in [0.2, 0.25) is 5.91 Å². The topological polar surface area (TPSA) is 83.4 Å². The molecule has 1 N–H and O–H groups in total. The van der Waals surface area contributed by atoms with E-state index in [-0.39, 0.29) is 11.7 Å². The Hall–Kier alpha value is -2.41. The van der Waals surface area contributed by atoms with Gasteiger partial charge < -0.3 is 10.0 Å². The molecule has 7 heteroatoms. The second-order valence-corrected chi connectivity index (χ2v) is 7.80. The molecule has 3 rings (SSSR count). The van der Waals surface area contributed by atoms with Crippen LogP contribution in [0.3, 0.4) is 0 Å². The number of carbonyl (C=O) groups is 2. The number of piperidine rings is 1. The van der Waals surface area contributed by atoms with Gasteiger partial charge in [-0.3, -0.25) is 9.59 Å². The number of hydrogen-bond donors (Lipinski definition) is 1. The average molecular weight is 385 g/mol. The molecule has 0 spiro atoms. The normalized spacial score (nSPS) is 16.1. The van der Waals surface area contributed by atoms with Gasteiger partial charge in [0.1, 0.15) is 0 Å². The van der Waals surface area contributed by atoms with Gasteiger partial charge >= 0.3 is 5.97 Å². The van der Waals surface area contributed by atoms with Gasteiger partial charge in [0.15, 0.2) is 5.16 Å². The zero-order chi connectivity index (χ0) is 19.4. The molecule has 1 fully saturated rings. The zero-order valence-corrected chi connectivity index (χ0v) is 16.3. The second kappa shape index (κ2) is 8.08. The number of benzene rings is 1. The number of rotatable bonds is 5. The van der Waals surface area contributed by atoms with Crippen molar-refractivity contribution in [3.05, 3.63) is 53.3 Å². The summed E-state index contributed by atoms with van der Waals surface area (Å²) in [6.07, 6.45) is 0.839. The fourth-order valence-electron chi connectivity index (χ4n) is 3.50. The van der Waals surface area contributed by atoms with Gasteiger partial charge in [-0.25, -0.2) is 9.97 Å². The van der Waals surface area contributed by atoms with Crippen molar-refractivity contribution < 1.29 is 14.7 Å². The zero-order valence-electron chi connectivity index (χ0n) is 15.5. The van der Waals surface area contributed by atoms with E-state index in [4.69, 9.17) is 0 Å². The fraction of sp³-hybridized carbons (Fsp3) is 0.400. The Bertz CT molecular complexity index is 813. The highest BCUT2D eigenvalue weighted by atomic mass is 32.2. The molecule has 27 heavy (non-hydrogen) atoms. The van der Waals surface area contributed by atoms with Crippen LogP contribution >= 0.6 is 11.8 Å². The molecular weight excluding hydrogens is 362 g/mol. The molecule has 1 saturated heterocycles. The van der Waals surface area contributed by atoms with Gasteiger partial charge in [-0.15, -0.1) is 0 Å². The van der Waals surface area contributed by atoms with Crippen molar-refractivity contribution in [2.45, 2.75) is 37.3 Å². The van der Waals surface area contributed by atoms with Crippen molar-refractivity contribution in [3.63, 3.8) is 0 Å². The molecule has 142 valence electrons. The minimum atomic E-state index is -0.915. The fourth-order valence-corrected chi connectivity index (χ4v) is 4.35. The van der Waals surface area contributed by atoms with Crippen LogP contribution in [0.1, 0.15) is 29.8 Å². The molecule has 0 atom stereocenters. The number of aromatic nitrogens is 2. The van der Waals surface area contributed by atoms with Crippen molar-refractivity contribution in [1.29, 1.82) is 0 Å². The summed E-state index contributed by atoms with van der Waals surface area (Å²) < 4.78 is 0. The minimum absolute atomic E-state index is 0.00481. The summed E-state index contributed by atoms with van der Waals surface area (Å²) in [5.74, 6) is -0.567. The molecule has 2 aromatic rings. The molecule has 0 radical (unpaired) electrons. The standard InChI is InChI=1S/C20H23N3O3S/c1-14-12-15(2)22-19(21-14)27-13-17(24)23-10-8-20(9-11-23,18(25)26)16-6-4-3-5-7-16/h3-7,12H,8-11,13H2,1-2H3,(H,25,26). The number of carbonyl (C=O) groups excluding carboxylic acids is 1. The van der Waals surface area contributed by atoms with Crippen molar-refractivity contribution in [1.82, 2.24) is 14.9 Å². The lowest BCUT2D eigenvalue weighted by molar-refractivity contribution is -0.147. The number of nitrogens with zero attached hydrogens (tertiary/aromatic N) is 3. The van der Waals surface area contributed by atoms with E-state index < -0.39 is 11.4 Å². The lowest BCUT2D eigenvalue weighted by Gasteiger charge is -2.39. The first-order chi connectivity index (χ1) is 12.9. The van der Waals surface area contributed by atoms with E-state index in [0.29, 0.717) is 31.1 Å². The van der Waals surface area contributed by atoms with Crippen molar-refractivity contribution in [3.8, 4) is 0 Å². The summed E-state index contributed by atoms with van der Waals surface area (Å²) >= 11 is 1.32. The molecule has 2 heterocycles. The number of likely N-dealkylation sites (tertiary alicyclic amines) is 1. The molecule has 1 aliphatic heterocycles. The maximum Gasteiger partial charge on any atom is 0.314 e. The van der Waals surface area contributed by atoms with E-state index in [2.05, 4.69) is 9.97 Å². The lowest BCUT2D eigenvalue weighted by Crippen LogP contribution is -2.49. The van der Waals surface area contributed by atoms with Gasteiger partial charge in [0, 0.05) is 24.5 Å². The monoisotopic (exact) mass is 385 g/mol. The van der Waals surface area contributed by atoms with E-state index >= 15 is 0 Å². The molecule has 0 bridgehead atoms. The lowest BCUT2D eigenvalue weighted by atomic mass is 9.73. The summed E-state index contributed by atoms with van der Waals surface area (Å²) in [6, 6.07) is 11.2. The van der Waals surface area contributed by atoms with Gasteiger partial charge in [0.05, 0.1) is 11.2 Å². The summed E-state index contributed by atoms with van der Waals surface area (Å²) in [5, 5.41) is 10.4. The summed E-state index contributed by atoms with van der Waals surface area (Å²) in [4.78, 5) is 35.0. The third kappa shape index (κ3) is 4.30. The molecule has 0 aliphatic carbocycles. The van der Waals surface area contributed by atoms with Crippen LogP contribution in [0.2, 0.25) is 0 Å². The van der Waals surface area contributed by atoms with Crippen molar-refractivity contribution >= 4 is 23.6 Å². The molecule has 1 amide bonds. The van der Waals surface area contributed by atoms with Crippen LogP contribution in [0.25, 0.3) is 0 Å². The van der Waals surface area contributed by atoms with Crippen molar-refractivity contribution in [2.75, 3.05) is 18.8 Å². The van der Waals surface area contributed by atoms with E-state index in [9.17, 15) is 14.7 Å². The van der Waals surface area contributed by atoms with E-state index in [1.165, 1.54) is 11.8 Å². The number of carboxylic acids is 1. The summed E-state index contributed by atoms with van der Waals surface area (Å²) in [6.45, 7) is 4.68. The Labute approximate surface area is 163 Å². The third-order valence-corrected chi connectivity index (χ3v) is 5.82. The highest BCUT2D eigenvalue weighted by Crippen LogP contribution is 2.36. The first kappa shape index (κ1) is 19.4. The molecule has 0 unspecified atom stereocenters. The van der Waals surface area contributed by atoms with Gasteiger partial charge in [-0.1, -0.05) is 42.1 Å². The number of thioether (sulfide) groups is 1. The second-order valence-electron chi connectivity index (χ2n) is 6.86. The van der Waals surface area contributed by atoms with Crippen LogP contribution in [0.15, 0.2) is 41.6 Å². The Morgan fingerprint density at radius 2 is 1.70 bits per heavy atom. The van der Waals surface area contributed by atoms with Gasteiger partial charge in [-0.05, 0) is 38.3 Å². The molecular formula is C20H23N3O3S. The van der Waals surface area contributed by atoms with Crippen LogP contribution in [0.4, 0.5) is 0 Å². The van der Waals surface area contributed by atoms with Gasteiger partial charge in [0.25, 0.3) is 0 Å². The summed E-state index contributed by atoms with van der Waals surface area (Å²) in [5.41, 5.74) is 1.65. The van der Waals surface area contributed by atoms with Crippen LogP contribution in [0, 0.1) is 13.8 Å². The van der Waals surface area contributed by atoms with E-state index in [1.807, 2.05) is 50.2 Å². The van der Waals surface area contributed by atoms with Gasteiger partial charge in [-0.2, -0.15) is 0 Å². The van der Waals surface area contributed by atoms with Crippen LogP contribution in [-0.2, 0) is 15.0 Å². The molecule has 1 aromatic heterocycles. The molecule has 1 aromatic carbocycles.